The number of nitrogens with one attached hydrogen (secondary N) is 1. The van der Waals surface area contributed by atoms with Gasteiger partial charge in [-0.1, -0.05) is 11.6 Å². The molecular formula is C12H19ClN2O. The molecule has 0 fully saturated rings. The second kappa shape index (κ2) is 6.09. The molecule has 0 aliphatic heterocycles. The summed E-state index contributed by atoms with van der Waals surface area (Å²) < 4.78 is 5.42. The van der Waals surface area contributed by atoms with Crippen LogP contribution in [0.2, 0.25) is 5.02 Å². The van der Waals surface area contributed by atoms with Crippen LogP contribution in [0.1, 0.15) is 13.8 Å². The van der Waals surface area contributed by atoms with Gasteiger partial charge in [-0.2, -0.15) is 0 Å². The fourth-order valence-corrected chi connectivity index (χ4v) is 1.48. The van der Waals surface area contributed by atoms with Crippen LogP contribution in [-0.2, 0) is 4.74 Å². The number of hydrogen-bond donors (Lipinski definition) is 2. The molecule has 0 amide bonds. The SMILES string of the molecule is CCOCC(C)(CN)Nc1ccc(Cl)cc1. The van der Waals surface area contributed by atoms with Gasteiger partial charge in [0.05, 0.1) is 12.1 Å². The van der Waals surface area contributed by atoms with Crippen LogP contribution in [0.15, 0.2) is 24.3 Å². The first-order valence-electron chi connectivity index (χ1n) is 5.41. The molecule has 0 saturated heterocycles. The molecule has 1 unspecified atom stereocenters. The maximum atomic E-state index is 5.82. The Morgan fingerprint density at radius 3 is 2.50 bits per heavy atom. The van der Waals surface area contributed by atoms with Gasteiger partial charge >= 0.3 is 0 Å². The Hall–Kier alpha value is -0.770. The molecule has 0 bridgehead atoms. The summed E-state index contributed by atoms with van der Waals surface area (Å²) in [6.07, 6.45) is 0. The van der Waals surface area contributed by atoms with Crippen molar-refractivity contribution in [1.82, 2.24) is 0 Å². The highest BCUT2D eigenvalue weighted by Gasteiger charge is 2.22. The number of ether oxygens (including phenoxy) is 1. The minimum Gasteiger partial charge on any atom is -0.379 e. The number of hydrogen-bond acceptors (Lipinski definition) is 3. The maximum Gasteiger partial charge on any atom is 0.0706 e. The Kier molecular flexibility index (Phi) is 5.06. The molecule has 1 aromatic rings. The first kappa shape index (κ1) is 13.3. The average molecular weight is 243 g/mol. The lowest BCUT2D eigenvalue weighted by atomic mass is 10.0. The summed E-state index contributed by atoms with van der Waals surface area (Å²) in [4.78, 5) is 0. The quantitative estimate of drug-likeness (QED) is 0.806. The fraction of sp³-hybridized carbons (Fsp3) is 0.500. The van der Waals surface area contributed by atoms with Gasteiger partial charge in [0.1, 0.15) is 0 Å². The van der Waals surface area contributed by atoms with Crippen molar-refractivity contribution in [1.29, 1.82) is 0 Å². The number of benzene rings is 1. The van der Waals surface area contributed by atoms with Crippen LogP contribution in [0.4, 0.5) is 5.69 Å². The van der Waals surface area contributed by atoms with Crippen molar-refractivity contribution in [2.45, 2.75) is 19.4 Å². The third kappa shape index (κ3) is 4.00. The van der Waals surface area contributed by atoms with Crippen LogP contribution in [0.3, 0.4) is 0 Å². The summed E-state index contributed by atoms with van der Waals surface area (Å²) in [6.45, 7) is 5.80. The van der Waals surface area contributed by atoms with Crippen molar-refractivity contribution in [3.8, 4) is 0 Å². The van der Waals surface area contributed by atoms with E-state index in [4.69, 9.17) is 22.1 Å². The van der Waals surface area contributed by atoms with Crippen LogP contribution in [0.25, 0.3) is 0 Å². The highest BCUT2D eigenvalue weighted by molar-refractivity contribution is 6.30. The van der Waals surface area contributed by atoms with Crippen molar-refractivity contribution in [2.75, 3.05) is 25.1 Å². The zero-order valence-corrected chi connectivity index (χ0v) is 10.6. The molecular weight excluding hydrogens is 224 g/mol. The summed E-state index contributed by atoms with van der Waals surface area (Å²) in [7, 11) is 0. The van der Waals surface area contributed by atoms with Crippen LogP contribution in [0, 0.1) is 0 Å². The van der Waals surface area contributed by atoms with E-state index in [-0.39, 0.29) is 5.54 Å². The Morgan fingerprint density at radius 2 is 2.00 bits per heavy atom. The van der Waals surface area contributed by atoms with E-state index in [1.165, 1.54) is 0 Å². The lowest BCUT2D eigenvalue weighted by Gasteiger charge is -2.30. The zero-order valence-electron chi connectivity index (χ0n) is 9.79. The van der Waals surface area contributed by atoms with Crippen molar-refractivity contribution >= 4 is 17.3 Å². The molecule has 4 heteroatoms. The highest BCUT2D eigenvalue weighted by atomic mass is 35.5. The number of rotatable bonds is 6. The molecule has 1 rings (SSSR count). The van der Waals surface area contributed by atoms with E-state index < -0.39 is 0 Å². The molecule has 3 N–H and O–H groups in total. The third-order valence-electron chi connectivity index (χ3n) is 2.37. The maximum absolute atomic E-state index is 5.82. The van der Waals surface area contributed by atoms with E-state index in [2.05, 4.69) is 5.32 Å². The van der Waals surface area contributed by atoms with E-state index in [1.807, 2.05) is 38.1 Å². The van der Waals surface area contributed by atoms with E-state index in [9.17, 15) is 0 Å². The van der Waals surface area contributed by atoms with Crippen LogP contribution < -0.4 is 11.1 Å². The van der Waals surface area contributed by atoms with E-state index in [0.717, 1.165) is 10.7 Å². The van der Waals surface area contributed by atoms with Gasteiger partial charge in [-0.15, -0.1) is 0 Å². The van der Waals surface area contributed by atoms with Crippen molar-refractivity contribution in [2.24, 2.45) is 5.73 Å². The largest absolute Gasteiger partial charge is 0.379 e. The fourth-order valence-electron chi connectivity index (χ4n) is 1.36. The standard InChI is InChI=1S/C12H19ClN2O/c1-3-16-9-12(2,8-14)15-11-6-4-10(13)5-7-11/h4-7,15H,3,8-9,14H2,1-2H3. The van der Waals surface area contributed by atoms with Gasteiger partial charge in [-0.25, -0.2) is 0 Å². The topological polar surface area (TPSA) is 47.3 Å². The molecule has 0 spiro atoms. The van der Waals surface area contributed by atoms with Crippen molar-refractivity contribution in [3.05, 3.63) is 29.3 Å². The van der Waals surface area contributed by atoms with Crippen molar-refractivity contribution in [3.63, 3.8) is 0 Å². The predicted molar refractivity (Wildman–Crippen MR) is 69.0 cm³/mol. The van der Waals surface area contributed by atoms with Gasteiger partial charge in [-0.05, 0) is 38.1 Å². The number of halogens is 1. The minimum absolute atomic E-state index is 0.246. The predicted octanol–water partition coefficient (Wildman–Crippen LogP) is 2.51. The van der Waals surface area contributed by atoms with Gasteiger partial charge in [0, 0.05) is 23.9 Å². The normalized spacial score (nSPS) is 14.5. The van der Waals surface area contributed by atoms with Gasteiger partial charge in [0.2, 0.25) is 0 Å². The molecule has 0 aliphatic carbocycles. The van der Waals surface area contributed by atoms with Crippen LogP contribution >= 0.6 is 11.6 Å². The van der Waals surface area contributed by atoms with Gasteiger partial charge in [0.25, 0.3) is 0 Å². The Bertz CT molecular complexity index is 315. The molecule has 90 valence electrons. The Labute approximate surface area is 102 Å². The smallest absolute Gasteiger partial charge is 0.0706 e. The lowest BCUT2D eigenvalue weighted by molar-refractivity contribution is 0.112. The molecule has 0 aromatic heterocycles. The van der Waals surface area contributed by atoms with Crippen molar-refractivity contribution < 1.29 is 4.74 Å². The highest BCUT2D eigenvalue weighted by Crippen LogP contribution is 2.18. The van der Waals surface area contributed by atoms with E-state index in [0.29, 0.717) is 19.8 Å². The molecule has 1 aromatic carbocycles. The molecule has 0 radical (unpaired) electrons. The molecule has 1 atom stereocenters. The van der Waals surface area contributed by atoms with Gasteiger partial charge in [0.15, 0.2) is 0 Å². The summed E-state index contributed by atoms with van der Waals surface area (Å²) >= 11 is 5.82. The second-order valence-corrected chi connectivity index (χ2v) is 4.47. The lowest BCUT2D eigenvalue weighted by Crippen LogP contribution is -2.46. The molecule has 3 nitrogen and oxygen atoms in total. The third-order valence-corrected chi connectivity index (χ3v) is 2.62. The molecule has 0 saturated carbocycles. The summed E-state index contributed by atoms with van der Waals surface area (Å²) in [5.41, 5.74) is 6.51. The summed E-state index contributed by atoms with van der Waals surface area (Å²) in [5, 5.41) is 4.09. The number of anilines is 1. The van der Waals surface area contributed by atoms with Gasteiger partial charge < -0.3 is 15.8 Å². The monoisotopic (exact) mass is 242 g/mol. The summed E-state index contributed by atoms with van der Waals surface area (Å²) in [5.74, 6) is 0. The molecule has 0 heterocycles. The number of nitrogens with two attached hydrogens (primary N) is 1. The molecule has 16 heavy (non-hydrogen) atoms. The zero-order chi connectivity index (χ0) is 12.0. The van der Waals surface area contributed by atoms with Crippen LogP contribution in [-0.4, -0.2) is 25.3 Å². The second-order valence-electron chi connectivity index (χ2n) is 4.03. The first-order valence-corrected chi connectivity index (χ1v) is 5.79. The van der Waals surface area contributed by atoms with Gasteiger partial charge in [-0.3, -0.25) is 0 Å². The first-order chi connectivity index (χ1) is 7.59. The van der Waals surface area contributed by atoms with E-state index >= 15 is 0 Å². The Balaban J connectivity index is 2.64. The van der Waals surface area contributed by atoms with Crippen LogP contribution in [0.5, 0.6) is 0 Å². The summed E-state index contributed by atoms with van der Waals surface area (Å²) in [6, 6.07) is 7.56. The average Bonchev–Trinajstić information content (AvgIpc) is 2.30. The molecule has 0 aliphatic rings. The minimum atomic E-state index is -0.246. The van der Waals surface area contributed by atoms with E-state index in [1.54, 1.807) is 0 Å². The Morgan fingerprint density at radius 1 is 1.38 bits per heavy atom.